The fourth-order valence-electron chi connectivity index (χ4n) is 2.61. The first-order valence-corrected chi connectivity index (χ1v) is 8.74. The maximum Gasteiger partial charge on any atom is 0.242 e. The van der Waals surface area contributed by atoms with Gasteiger partial charge in [-0.25, -0.2) is 0 Å². The van der Waals surface area contributed by atoms with Crippen molar-refractivity contribution in [2.45, 2.75) is 26.4 Å². The number of amides is 2. The molecule has 0 aliphatic rings. The van der Waals surface area contributed by atoms with Gasteiger partial charge in [0.25, 0.3) is 0 Å². The number of furan rings is 1. The summed E-state index contributed by atoms with van der Waals surface area (Å²) in [6, 6.07) is 13.4. The third-order valence-electron chi connectivity index (χ3n) is 4.04. The molecule has 0 saturated heterocycles. The van der Waals surface area contributed by atoms with E-state index < -0.39 is 0 Å². The van der Waals surface area contributed by atoms with Crippen molar-refractivity contribution in [3.63, 3.8) is 0 Å². The second-order valence-electron chi connectivity index (χ2n) is 5.98. The third-order valence-corrected chi connectivity index (χ3v) is 4.04. The number of carbonyl (C=O) groups is 2. The second kappa shape index (κ2) is 10.4. The van der Waals surface area contributed by atoms with E-state index in [1.165, 1.54) is 0 Å². The van der Waals surface area contributed by atoms with E-state index in [1.54, 1.807) is 36.2 Å². The van der Waals surface area contributed by atoms with Crippen molar-refractivity contribution in [3.05, 3.63) is 60.1 Å². The molecule has 6 nitrogen and oxygen atoms in total. The molecule has 6 heteroatoms. The molecule has 0 N–H and O–H groups in total. The van der Waals surface area contributed by atoms with Crippen LogP contribution in [0.2, 0.25) is 0 Å². The molecule has 0 fully saturated rings. The number of ether oxygens (including phenoxy) is 1. The minimum Gasteiger partial charge on any atom is -0.467 e. The first kappa shape index (κ1) is 19.7. The summed E-state index contributed by atoms with van der Waals surface area (Å²) in [5, 5.41) is 0. The fraction of sp³-hybridized carbons (Fsp3) is 0.400. The van der Waals surface area contributed by atoms with Gasteiger partial charge in [-0.3, -0.25) is 9.59 Å². The molecule has 2 rings (SSSR count). The van der Waals surface area contributed by atoms with E-state index in [0.29, 0.717) is 38.4 Å². The van der Waals surface area contributed by atoms with E-state index in [2.05, 4.69) is 0 Å². The summed E-state index contributed by atoms with van der Waals surface area (Å²) in [6.45, 7) is 3.43. The van der Waals surface area contributed by atoms with E-state index in [9.17, 15) is 9.59 Å². The van der Waals surface area contributed by atoms with Crippen molar-refractivity contribution in [2.75, 3.05) is 26.8 Å². The van der Waals surface area contributed by atoms with Crippen LogP contribution in [-0.2, 0) is 27.4 Å². The smallest absolute Gasteiger partial charge is 0.242 e. The minimum absolute atomic E-state index is 0.0313. The molecular formula is C20H26N2O4. The zero-order valence-electron chi connectivity index (χ0n) is 15.4. The summed E-state index contributed by atoms with van der Waals surface area (Å²) in [6.07, 6.45) is 1.94. The van der Waals surface area contributed by atoms with E-state index in [4.69, 9.17) is 9.15 Å². The van der Waals surface area contributed by atoms with Gasteiger partial charge in [-0.05, 0) is 17.7 Å². The Labute approximate surface area is 154 Å². The summed E-state index contributed by atoms with van der Waals surface area (Å²) < 4.78 is 10.5. The zero-order chi connectivity index (χ0) is 18.8. The number of hydrogen-bond donors (Lipinski definition) is 0. The molecule has 26 heavy (non-hydrogen) atoms. The number of rotatable bonds is 10. The molecule has 2 amide bonds. The van der Waals surface area contributed by atoms with Gasteiger partial charge >= 0.3 is 0 Å². The standard InChI is InChI=1S/C20H26N2O4/c1-3-19(23)21(11-13-25-2)16-20(24)22(15-18-10-7-12-26-18)14-17-8-5-4-6-9-17/h4-10,12H,3,11,13-16H2,1-2H3. The average molecular weight is 358 g/mol. The highest BCUT2D eigenvalue weighted by molar-refractivity contribution is 5.84. The Morgan fingerprint density at radius 2 is 1.77 bits per heavy atom. The molecule has 0 atom stereocenters. The van der Waals surface area contributed by atoms with Crippen molar-refractivity contribution >= 4 is 11.8 Å². The van der Waals surface area contributed by atoms with Crippen LogP contribution in [0.5, 0.6) is 0 Å². The molecule has 0 spiro atoms. The maximum atomic E-state index is 12.9. The lowest BCUT2D eigenvalue weighted by atomic mass is 10.2. The van der Waals surface area contributed by atoms with Crippen LogP contribution in [0.4, 0.5) is 0 Å². The van der Waals surface area contributed by atoms with Crippen molar-refractivity contribution in [1.82, 2.24) is 9.80 Å². The lowest BCUT2D eigenvalue weighted by Gasteiger charge is -2.27. The molecule has 0 bridgehead atoms. The first-order chi connectivity index (χ1) is 12.6. The quantitative estimate of drug-likeness (QED) is 0.655. The van der Waals surface area contributed by atoms with Crippen LogP contribution in [0.25, 0.3) is 0 Å². The van der Waals surface area contributed by atoms with Gasteiger partial charge in [-0.15, -0.1) is 0 Å². The monoisotopic (exact) mass is 358 g/mol. The number of nitrogens with zero attached hydrogens (tertiary/aromatic N) is 2. The van der Waals surface area contributed by atoms with Crippen LogP contribution in [0.3, 0.4) is 0 Å². The predicted octanol–water partition coefficient (Wildman–Crippen LogP) is 2.69. The van der Waals surface area contributed by atoms with Crippen molar-refractivity contribution in [3.8, 4) is 0 Å². The van der Waals surface area contributed by atoms with Crippen LogP contribution < -0.4 is 0 Å². The Kier molecular flexibility index (Phi) is 7.89. The van der Waals surface area contributed by atoms with Gasteiger partial charge in [0.05, 0.1) is 26.0 Å². The molecule has 0 radical (unpaired) electrons. The SMILES string of the molecule is CCC(=O)N(CCOC)CC(=O)N(Cc1ccccc1)Cc1ccco1. The van der Waals surface area contributed by atoms with E-state index in [0.717, 1.165) is 5.56 Å². The van der Waals surface area contributed by atoms with Gasteiger partial charge in [0.15, 0.2) is 0 Å². The van der Waals surface area contributed by atoms with Crippen LogP contribution in [0.15, 0.2) is 53.1 Å². The predicted molar refractivity (Wildman–Crippen MR) is 98.2 cm³/mol. The Morgan fingerprint density at radius 1 is 1.00 bits per heavy atom. The number of methoxy groups -OCH3 is 1. The van der Waals surface area contributed by atoms with Gasteiger partial charge in [0.2, 0.25) is 11.8 Å². The molecule has 1 heterocycles. The molecule has 0 unspecified atom stereocenters. The largest absolute Gasteiger partial charge is 0.467 e. The van der Waals surface area contributed by atoms with Gasteiger partial charge < -0.3 is 19.0 Å². The highest BCUT2D eigenvalue weighted by atomic mass is 16.5. The summed E-state index contributed by atoms with van der Waals surface area (Å²) >= 11 is 0. The molecular weight excluding hydrogens is 332 g/mol. The molecule has 0 saturated carbocycles. The third kappa shape index (κ3) is 6.04. The minimum atomic E-state index is -0.122. The number of carbonyl (C=O) groups excluding carboxylic acids is 2. The van der Waals surface area contributed by atoms with Crippen LogP contribution in [0, 0.1) is 0 Å². The Hall–Kier alpha value is -2.60. The van der Waals surface area contributed by atoms with E-state index in [1.807, 2.05) is 36.4 Å². The Morgan fingerprint density at radius 3 is 2.38 bits per heavy atom. The average Bonchev–Trinajstić information content (AvgIpc) is 3.17. The van der Waals surface area contributed by atoms with E-state index in [-0.39, 0.29) is 18.4 Å². The van der Waals surface area contributed by atoms with Crippen LogP contribution in [-0.4, -0.2) is 48.4 Å². The van der Waals surface area contributed by atoms with Crippen molar-refractivity contribution in [2.24, 2.45) is 0 Å². The van der Waals surface area contributed by atoms with Crippen LogP contribution >= 0.6 is 0 Å². The van der Waals surface area contributed by atoms with E-state index >= 15 is 0 Å². The topological polar surface area (TPSA) is 63.0 Å². The van der Waals surface area contributed by atoms with Gasteiger partial charge in [0.1, 0.15) is 5.76 Å². The lowest BCUT2D eigenvalue weighted by molar-refractivity contribution is -0.141. The normalized spacial score (nSPS) is 10.5. The number of hydrogen-bond acceptors (Lipinski definition) is 4. The second-order valence-corrected chi connectivity index (χ2v) is 5.98. The summed E-state index contributed by atoms with van der Waals surface area (Å²) in [5.74, 6) is 0.524. The van der Waals surface area contributed by atoms with Crippen molar-refractivity contribution < 1.29 is 18.7 Å². The van der Waals surface area contributed by atoms with Gasteiger partial charge in [0, 0.05) is 26.6 Å². The Bertz CT molecular complexity index is 670. The Balaban J connectivity index is 2.11. The molecule has 1 aromatic carbocycles. The fourth-order valence-corrected chi connectivity index (χ4v) is 2.61. The van der Waals surface area contributed by atoms with Crippen molar-refractivity contribution in [1.29, 1.82) is 0 Å². The first-order valence-electron chi connectivity index (χ1n) is 8.74. The lowest BCUT2D eigenvalue weighted by Crippen LogP contribution is -2.43. The zero-order valence-corrected chi connectivity index (χ0v) is 15.4. The molecule has 2 aromatic rings. The summed E-state index contributed by atoms with van der Waals surface area (Å²) in [4.78, 5) is 28.3. The highest BCUT2D eigenvalue weighted by Crippen LogP contribution is 2.12. The number of benzene rings is 1. The maximum absolute atomic E-state index is 12.9. The summed E-state index contributed by atoms with van der Waals surface area (Å²) in [5.41, 5.74) is 1.03. The molecule has 1 aromatic heterocycles. The van der Waals surface area contributed by atoms with Gasteiger partial charge in [-0.2, -0.15) is 0 Å². The van der Waals surface area contributed by atoms with Crippen LogP contribution in [0.1, 0.15) is 24.7 Å². The van der Waals surface area contributed by atoms with Gasteiger partial charge in [-0.1, -0.05) is 37.3 Å². The molecule has 0 aliphatic heterocycles. The molecule has 140 valence electrons. The summed E-state index contributed by atoms with van der Waals surface area (Å²) in [7, 11) is 1.58. The highest BCUT2D eigenvalue weighted by Gasteiger charge is 2.21. The molecule has 0 aliphatic carbocycles.